The van der Waals surface area contributed by atoms with Crippen LogP contribution in [0.4, 0.5) is 5.69 Å². The number of ether oxygens (including phenoxy) is 1. The molecule has 0 radical (unpaired) electrons. The second kappa shape index (κ2) is 7.31. The van der Waals surface area contributed by atoms with E-state index >= 15 is 0 Å². The molecular formula is C16H15NO7S. The summed E-state index contributed by atoms with van der Waals surface area (Å²) in [4.78, 5) is 21.8. The standard InChI is InChI=1S/C16H15NO7S/c1-3-14(18)12-6-4-5-7-15(12)24-25(21,22)11-8-9-16(23-2)13(10-11)17(19)20/h4-10H,3H2,1-2H3. The van der Waals surface area contributed by atoms with E-state index in [1.54, 1.807) is 13.0 Å². The van der Waals surface area contributed by atoms with E-state index in [-0.39, 0.29) is 29.3 Å². The SMILES string of the molecule is CCC(=O)c1ccccc1OS(=O)(=O)c1ccc(OC)c([N+](=O)[O-])c1. The lowest BCUT2D eigenvalue weighted by Gasteiger charge is -2.11. The highest BCUT2D eigenvalue weighted by Crippen LogP contribution is 2.31. The molecule has 0 aliphatic rings. The Labute approximate surface area is 144 Å². The number of nitro benzene ring substituents is 1. The van der Waals surface area contributed by atoms with Gasteiger partial charge in [-0.15, -0.1) is 0 Å². The summed E-state index contributed by atoms with van der Waals surface area (Å²) in [6.45, 7) is 1.64. The molecule has 0 heterocycles. The van der Waals surface area contributed by atoms with Gasteiger partial charge < -0.3 is 8.92 Å². The number of ketones is 1. The molecule has 0 saturated carbocycles. The molecule has 0 amide bonds. The monoisotopic (exact) mass is 365 g/mol. The molecule has 0 unspecified atom stereocenters. The number of hydrogen-bond donors (Lipinski definition) is 0. The predicted molar refractivity (Wildman–Crippen MR) is 88.5 cm³/mol. The fraction of sp³-hybridized carbons (Fsp3) is 0.188. The van der Waals surface area contributed by atoms with Crippen molar-refractivity contribution >= 4 is 21.6 Å². The van der Waals surface area contributed by atoms with Crippen LogP contribution in [0.5, 0.6) is 11.5 Å². The smallest absolute Gasteiger partial charge is 0.339 e. The van der Waals surface area contributed by atoms with Crippen LogP contribution in [0.1, 0.15) is 23.7 Å². The quantitative estimate of drug-likeness (QED) is 0.321. The van der Waals surface area contributed by atoms with Gasteiger partial charge in [-0.05, 0) is 24.3 Å². The van der Waals surface area contributed by atoms with Gasteiger partial charge in [-0.2, -0.15) is 8.42 Å². The van der Waals surface area contributed by atoms with E-state index in [0.29, 0.717) is 0 Å². The molecule has 8 nitrogen and oxygen atoms in total. The van der Waals surface area contributed by atoms with Gasteiger partial charge in [-0.1, -0.05) is 19.1 Å². The minimum absolute atomic E-state index is 0.0782. The van der Waals surface area contributed by atoms with E-state index in [9.17, 15) is 23.3 Å². The van der Waals surface area contributed by atoms with Crippen LogP contribution >= 0.6 is 0 Å². The number of carbonyl (C=O) groups excluding carboxylic acids is 1. The summed E-state index contributed by atoms with van der Waals surface area (Å²) in [5.74, 6) is -0.496. The number of rotatable bonds is 7. The number of benzene rings is 2. The highest BCUT2D eigenvalue weighted by molar-refractivity contribution is 7.87. The van der Waals surface area contributed by atoms with Crippen LogP contribution in [-0.4, -0.2) is 26.2 Å². The Kier molecular flexibility index (Phi) is 5.38. The van der Waals surface area contributed by atoms with Crippen LogP contribution in [0.15, 0.2) is 47.4 Å². The zero-order chi connectivity index (χ0) is 18.6. The number of methoxy groups -OCH3 is 1. The maximum Gasteiger partial charge on any atom is 0.339 e. The molecule has 2 aromatic carbocycles. The predicted octanol–water partition coefficient (Wildman–Crippen LogP) is 2.96. The molecule has 0 bridgehead atoms. The molecule has 132 valence electrons. The molecule has 25 heavy (non-hydrogen) atoms. The molecule has 9 heteroatoms. The van der Waals surface area contributed by atoms with Crippen LogP contribution in [-0.2, 0) is 10.1 Å². The van der Waals surface area contributed by atoms with Crippen molar-refractivity contribution in [1.29, 1.82) is 0 Å². The summed E-state index contributed by atoms with van der Waals surface area (Å²) in [5, 5.41) is 11.0. The van der Waals surface area contributed by atoms with Crippen molar-refractivity contribution in [3.05, 3.63) is 58.1 Å². The molecule has 2 rings (SSSR count). The third-order valence-electron chi connectivity index (χ3n) is 3.34. The highest BCUT2D eigenvalue weighted by atomic mass is 32.2. The van der Waals surface area contributed by atoms with E-state index in [1.165, 1.54) is 25.3 Å². The van der Waals surface area contributed by atoms with E-state index in [1.807, 2.05) is 0 Å². The van der Waals surface area contributed by atoms with Crippen molar-refractivity contribution in [2.24, 2.45) is 0 Å². The van der Waals surface area contributed by atoms with E-state index in [4.69, 9.17) is 8.92 Å². The Balaban J connectivity index is 2.46. The summed E-state index contributed by atoms with van der Waals surface area (Å²) in [6, 6.07) is 9.04. The molecule has 0 aliphatic carbocycles. The summed E-state index contributed by atoms with van der Waals surface area (Å²) >= 11 is 0. The van der Waals surface area contributed by atoms with Crippen molar-refractivity contribution in [1.82, 2.24) is 0 Å². The second-order valence-corrected chi connectivity index (χ2v) is 6.45. The number of Topliss-reactive ketones (excluding diaryl/α,β-unsaturated/α-hetero) is 1. The summed E-state index contributed by atoms with van der Waals surface area (Å²) in [7, 11) is -3.14. The van der Waals surface area contributed by atoms with Gasteiger partial charge in [0.05, 0.1) is 17.6 Å². The Morgan fingerprint density at radius 1 is 1.16 bits per heavy atom. The van der Waals surface area contributed by atoms with Gasteiger partial charge in [-0.25, -0.2) is 0 Å². The maximum atomic E-state index is 12.4. The lowest BCUT2D eigenvalue weighted by molar-refractivity contribution is -0.386. The fourth-order valence-electron chi connectivity index (χ4n) is 2.09. The average molecular weight is 365 g/mol. The molecule has 0 atom stereocenters. The van der Waals surface area contributed by atoms with Crippen molar-refractivity contribution in [2.75, 3.05) is 7.11 Å². The first-order valence-corrected chi connectivity index (χ1v) is 8.60. The molecular weight excluding hydrogens is 350 g/mol. The molecule has 0 spiro atoms. The van der Waals surface area contributed by atoms with Gasteiger partial charge in [0, 0.05) is 12.5 Å². The van der Waals surface area contributed by atoms with Crippen LogP contribution in [0.2, 0.25) is 0 Å². The van der Waals surface area contributed by atoms with E-state index in [2.05, 4.69) is 0 Å². The van der Waals surface area contributed by atoms with Crippen LogP contribution in [0.25, 0.3) is 0 Å². The van der Waals surface area contributed by atoms with Gasteiger partial charge >= 0.3 is 15.8 Å². The zero-order valence-corrected chi connectivity index (χ0v) is 14.3. The molecule has 0 fully saturated rings. The van der Waals surface area contributed by atoms with Crippen LogP contribution in [0, 0.1) is 10.1 Å². The summed E-state index contributed by atoms with van der Waals surface area (Å²) in [6.07, 6.45) is 0.175. The molecule has 0 saturated heterocycles. The van der Waals surface area contributed by atoms with E-state index < -0.39 is 25.6 Å². The second-order valence-electron chi connectivity index (χ2n) is 4.90. The van der Waals surface area contributed by atoms with Gasteiger partial charge in [-0.3, -0.25) is 14.9 Å². The Morgan fingerprint density at radius 2 is 1.84 bits per heavy atom. The van der Waals surface area contributed by atoms with Crippen LogP contribution < -0.4 is 8.92 Å². The summed E-state index contributed by atoms with van der Waals surface area (Å²) < 4.78 is 34.8. The first kappa shape index (κ1) is 18.4. The Morgan fingerprint density at radius 3 is 2.44 bits per heavy atom. The molecule has 2 aromatic rings. The first-order valence-electron chi connectivity index (χ1n) is 7.19. The van der Waals surface area contributed by atoms with Crippen molar-refractivity contribution in [2.45, 2.75) is 18.2 Å². The average Bonchev–Trinajstić information content (AvgIpc) is 2.60. The molecule has 0 aliphatic heterocycles. The summed E-state index contributed by atoms with van der Waals surface area (Å²) in [5.41, 5.74) is -0.387. The first-order chi connectivity index (χ1) is 11.8. The third kappa shape index (κ3) is 3.94. The van der Waals surface area contributed by atoms with E-state index in [0.717, 1.165) is 18.2 Å². The Hall–Kier alpha value is -2.94. The van der Waals surface area contributed by atoms with Crippen molar-refractivity contribution in [3.8, 4) is 11.5 Å². The van der Waals surface area contributed by atoms with Gasteiger partial charge in [0.2, 0.25) is 0 Å². The highest BCUT2D eigenvalue weighted by Gasteiger charge is 2.25. The topological polar surface area (TPSA) is 113 Å². The van der Waals surface area contributed by atoms with Crippen molar-refractivity contribution < 1.29 is 27.1 Å². The van der Waals surface area contributed by atoms with Gasteiger partial charge in [0.15, 0.2) is 17.3 Å². The number of para-hydroxylation sites is 1. The number of hydrogen-bond acceptors (Lipinski definition) is 7. The van der Waals surface area contributed by atoms with Gasteiger partial charge in [0.25, 0.3) is 0 Å². The third-order valence-corrected chi connectivity index (χ3v) is 4.57. The van der Waals surface area contributed by atoms with Crippen molar-refractivity contribution in [3.63, 3.8) is 0 Å². The molecule has 0 aromatic heterocycles. The fourth-order valence-corrected chi connectivity index (χ4v) is 3.06. The minimum atomic E-state index is -4.37. The largest absolute Gasteiger partial charge is 0.490 e. The minimum Gasteiger partial charge on any atom is -0.490 e. The number of carbonyl (C=O) groups is 1. The Bertz CT molecular complexity index is 922. The van der Waals surface area contributed by atoms with Gasteiger partial charge in [0.1, 0.15) is 4.90 Å². The lowest BCUT2D eigenvalue weighted by Crippen LogP contribution is -2.12. The number of nitro groups is 1. The zero-order valence-electron chi connectivity index (χ0n) is 13.5. The van der Waals surface area contributed by atoms with Crippen LogP contribution in [0.3, 0.4) is 0 Å². The molecule has 0 N–H and O–H groups in total. The lowest BCUT2D eigenvalue weighted by atomic mass is 10.1. The maximum absolute atomic E-state index is 12.4. The number of nitrogens with zero attached hydrogens (tertiary/aromatic N) is 1. The normalized spacial score (nSPS) is 11.0.